The van der Waals surface area contributed by atoms with Crippen molar-refractivity contribution in [3.8, 4) is 0 Å². The highest BCUT2D eigenvalue weighted by Gasteiger charge is 2.45. The van der Waals surface area contributed by atoms with Crippen LogP contribution in [0.3, 0.4) is 0 Å². The standard InChI is InChI=1S/C16H17NO3/c18-8-7-11-3-5-12(6-4-11)17-16(19)14-10-13(14)15-2-1-9-20-15/h1-6,9,13-14,18H,7-8,10H2,(H,17,19). The van der Waals surface area contributed by atoms with E-state index in [0.717, 1.165) is 23.4 Å². The molecule has 0 radical (unpaired) electrons. The van der Waals surface area contributed by atoms with Crippen molar-refractivity contribution in [1.29, 1.82) is 0 Å². The fourth-order valence-corrected chi connectivity index (χ4v) is 2.42. The van der Waals surface area contributed by atoms with E-state index in [-0.39, 0.29) is 24.3 Å². The highest BCUT2D eigenvalue weighted by molar-refractivity contribution is 5.95. The number of hydrogen-bond acceptors (Lipinski definition) is 3. The predicted octanol–water partition coefficient (Wildman–Crippen LogP) is 2.56. The number of amides is 1. The molecule has 0 spiro atoms. The first-order valence-corrected chi connectivity index (χ1v) is 6.82. The van der Waals surface area contributed by atoms with E-state index in [9.17, 15) is 4.79 Å². The Hall–Kier alpha value is -2.07. The zero-order valence-corrected chi connectivity index (χ0v) is 11.1. The van der Waals surface area contributed by atoms with Crippen LogP contribution >= 0.6 is 0 Å². The van der Waals surface area contributed by atoms with Gasteiger partial charge in [0.1, 0.15) is 5.76 Å². The van der Waals surface area contributed by atoms with Gasteiger partial charge in [0.25, 0.3) is 0 Å². The van der Waals surface area contributed by atoms with Crippen LogP contribution in [-0.2, 0) is 11.2 Å². The lowest BCUT2D eigenvalue weighted by atomic mass is 10.1. The van der Waals surface area contributed by atoms with Crippen LogP contribution in [0.4, 0.5) is 5.69 Å². The minimum Gasteiger partial charge on any atom is -0.469 e. The fourth-order valence-electron chi connectivity index (χ4n) is 2.42. The number of furan rings is 1. The van der Waals surface area contributed by atoms with E-state index in [0.29, 0.717) is 6.42 Å². The summed E-state index contributed by atoms with van der Waals surface area (Å²) in [6, 6.07) is 11.3. The van der Waals surface area contributed by atoms with Gasteiger partial charge >= 0.3 is 0 Å². The molecule has 2 aromatic rings. The topological polar surface area (TPSA) is 62.5 Å². The molecule has 0 aliphatic heterocycles. The maximum absolute atomic E-state index is 12.1. The molecule has 1 aliphatic rings. The molecule has 20 heavy (non-hydrogen) atoms. The summed E-state index contributed by atoms with van der Waals surface area (Å²) >= 11 is 0. The van der Waals surface area contributed by atoms with Gasteiger partial charge in [-0.25, -0.2) is 0 Å². The summed E-state index contributed by atoms with van der Waals surface area (Å²) in [5, 5.41) is 11.8. The number of hydrogen-bond donors (Lipinski definition) is 2. The lowest BCUT2D eigenvalue weighted by Gasteiger charge is -2.05. The molecule has 104 valence electrons. The normalized spacial score (nSPS) is 20.6. The number of carbonyl (C=O) groups is 1. The third kappa shape index (κ3) is 2.75. The van der Waals surface area contributed by atoms with Crippen molar-refractivity contribution >= 4 is 11.6 Å². The minimum absolute atomic E-state index is 0.0123. The number of aliphatic hydroxyl groups is 1. The third-order valence-corrected chi connectivity index (χ3v) is 3.66. The van der Waals surface area contributed by atoms with Crippen LogP contribution < -0.4 is 5.32 Å². The summed E-state index contributed by atoms with van der Waals surface area (Å²) in [6.07, 6.45) is 3.13. The Morgan fingerprint density at radius 2 is 2.10 bits per heavy atom. The average molecular weight is 271 g/mol. The lowest BCUT2D eigenvalue weighted by Crippen LogP contribution is -2.14. The lowest BCUT2D eigenvalue weighted by molar-refractivity contribution is -0.117. The minimum atomic E-state index is 0.0123. The molecule has 4 heteroatoms. The Morgan fingerprint density at radius 3 is 2.75 bits per heavy atom. The summed E-state index contributed by atoms with van der Waals surface area (Å²) in [6.45, 7) is 0.138. The summed E-state index contributed by atoms with van der Waals surface area (Å²) in [5.41, 5.74) is 1.85. The van der Waals surface area contributed by atoms with Gasteiger partial charge in [-0.2, -0.15) is 0 Å². The van der Waals surface area contributed by atoms with Crippen LogP contribution in [-0.4, -0.2) is 17.6 Å². The SMILES string of the molecule is O=C(Nc1ccc(CCO)cc1)C1CC1c1ccco1. The number of aliphatic hydroxyl groups excluding tert-OH is 1. The number of rotatable bonds is 5. The van der Waals surface area contributed by atoms with E-state index in [4.69, 9.17) is 9.52 Å². The zero-order valence-electron chi connectivity index (χ0n) is 11.1. The van der Waals surface area contributed by atoms with Gasteiger partial charge in [-0.05, 0) is 42.7 Å². The molecular weight excluding hydrogens is 254 g/mol. The van der Waals surface area contributed by atoms with Crippen LogP contribution in [0.1, 0.15) is 23.7 Å². The molecule has 2 unspecified atom stereocenters. The van der Waals surface area contributed by atoms with E-state index in [1.807, 2.05) is 36.4 Å². The van der Waals surface area contributed by atoms with Gasteiger partial charge in [0.2, 0.25) is 5.91 Å². The molecule has 0 bridgehead atoms. The zero-order chi connectivity index (χ0) is 13.9. The van der Waals surface area contributed by atoms with Crippen LogP contribution in [0, 0.1) is 5.92 Å². The van der Waals surface area contributed by atoms with Crippen molar-refractivity contribution in [3.63, 3.8) is 0 Å². The second-order valence-electron chi connectivity index (χ2n) is 5.12. The van der Waals surface area contributed by atoms with Crippen LogP contribution in [0.15, 0.2) is 47.1 Å². The molecule has 2 atom stereocenters. The van der Waals surface area contributed by atoms with Gasteiger partial charge < -0.3 is 14.8 Å². The van der Waals surface area contributed by atoms with Crippen molar-refractivity contribution in [2.24, 2.45) is 5.92 Å². The molecule has 2 N–H and O–H groups in total. The summed E-state index contributed by atoms with van der Waals surface area (Å²) < 4.78 is 5.33. The van der Waals surface area contributed by atoms with Crippen molar-refractivity contribution < 1.29 is 14.3 Å². The summed E-state index contributed by atoms with van der Waals surface area (Å²) in [5.74, 6) is 1.17. The quantitative estimate of drug-likeness (QED) is 0.878. The van der Waals surface area contributed by atoms with Crippen molar-refractivity contribution in [1.82, 2.24) is 0 Å². The monoisotopic (exact) mass is 271 g/mol. The fraction of sp³-hybridized carbons (Fsp3) is 0.312. The van der Waals surface area contributed by atoms with Gasteiger partial charge in [0.15, 0.2) is 0 Å². The van der Waals surface area contributed by atoms with Gasteiger partial charge in [-0.1, -0.05) is 12.1 Å². The number of benzene rings is 1. The Bertz CT molecular complexity index is 574. The molecule has 1 amide bonds. The largest absolute Gasteiger partial charge is 0.469 e. The molecular formula is C16H17NO3. The van der Waals surface area contributed by atoms with Crippen LogP contribution in [0.25, 0.3) is 0 Å². The van der Waals surface area contributed by atoms with E-state index in [2.05, 4.69) is 5.32 Å². The first-order chi connectivity index (χ1) is 9.78. The van der Waals surface area contributed by atoms with E-state index in [1.54, 1.807) is 6.26 Å². The Kier molecular flexibility index (Phi) is 3.56. The second-order valence-corrected chi connectivity index (χ2v) is 5.12. The predicted molar refractivity (Wildman–Crippen MR) is 75.4 cm³/mol. The number of anilines is 1. The third-order valence-electron chi connectivity index (χ3n) is 3.66. The molecule has 1 aliphatic carbocycles. The molecule has 0 saturated heterocycles. The highest BCUT2D eigenvalue weighted by Crippen LogP contribution is 2.48. The van der Waals surface area contributed by atoms with E-state index < -0.39 is 0 Å². The Balaban J connectivity index is 1.57. The molecule has 1 heterocycles. The summed E-state index contributed by atoms with van der Waals surface area (Å²) in [4.78, 5) is 12.1. The van der Waals surface area contributed by atoms with Crippen LogP contribution in [0.2, 0.25) is 0 Å². The summed E-state index contributed by atoms with van der Waals surface area (Å²) in [7, 11) is 0. The first-order valence-electron chi connectivity index (χ1n) is 6.82. The second kappa shape index (κ2) is 5.51. The van der Waals surface area contributed by atoms with Gasteiger partial charge in [0.05, 0.1) is 6.26 Å². The molecule has 1 aromatic carbocycles. The van der Waals surface area contributed by atoms with Crippen molar-refractivity contribution in [2.75, 3.05) is 11.9 Å². The maximum Gasteiger partial charge on any atom is 0.228 e. The first kappa shape index (κ1) is 12.9. The smallest absolute Gasteiger partial charge is 0.228 e. The maximum atomic E-state index is 12.1. The average Bonchev–Trinajstić information content (AvgIpc) is 3.08. The van der Waals surface area contributed by atoms with E-state index >= 15 is 0 Å². The van der Waals surface area contributed by atoms with Gasteiger partial charge in [-0.3, -0.25) is 4.79 Å². The Labute approximate surface area is 117 Å². The van der Waals surface area contributed by atoms with E-state index in [1.165, 1.54) is 0 Å². The molecule has 1 aromatic heterocycles. The van der Waals surface area contributed by atoms with Crippen LogP contribution in [0.5, 0.6) is 0 Å². The molecule has 1 saturated carbocycles. The van der Waals surface area contributed by atoms with Crippen molar-refractivity contribution in [2.45, 2.75) is 18.8 Å². The Morgan fingerprint density at radius 1 is 1.30 bits per heavy atom. The highest BCUT2D eigenvalue weighted by atomic mass is 16.3. The van der Waals surface area contributed by atoms with Crippen molar-refractivity contribution in [3.05, 3.63) is 54.0 Å². The molecule has 1 fully saturated rings. The molecule has 4 nitrogen and oxygen atoms in total. The molecule has 3 rings (SSSR count). The number of carbonyl (C=O) groups excluding carboxylic acids is 1. The van der Waals surface area contributed by atoms with Gasteiger partial charge in [0, 0.05) is 24.1 Å². The van der Waals surface area contributed by atoms with Gasteiger partial charge in [-0.15, -0.1) is 0 Å². The number of nitrogens with one attached hydrogen (secondary N) is 1.